The minimum atomic E-state index is -1.18. The Bertz CT molecular complexity index is 660. The van der Waals surface area contributed by atoms with Crippen LogP contribution < -0.4 is 4.74 Å². The highest BCUT2D eigenvalue weighted by Crippen LogP contribution is 2.18. The van der Waals surface area contributed by atoms with Gasteiger partial charge >= 0.3 is 12.1 Å². The van der Waals surface area contributed by atoms with Crippen LogP contribution in [0.1, 0.15) is 44.5 Å². The van der Waals surface area contributed by atoms with Gasteiger partial charge in [0.05, 0.1) is 12.2 Å². The molecule has 0 aliphatic heterocycles. The van der Waals surface area contributed by atoms with Crippen molar-refractivity contribution in [2.24, 2.45) is 0 Å². The first-order chi connectivity index (χ1) is 13.0. The molecule has 0 fully saturated rings. The van der Waals surface area contributed by atoms with Crippen molar-refractivity contribution in [3.8, 4) is 5.75 Å². The first kappa shape index (κ1) is 23.7. The lowest BCUT2D eigenvalue weighted by Crippen LogP contribution is -2.41. The molecule has 0 spiro atoms. The lowest BCUT2D eigenvalue weighted by molar-refractivity contribution is 0.0246. The minimum absolute atomic E-state index is 0.0368. The molecule has 1 aromatic carbocycles. The largest absolute Gasteiger partial charge is 0.490 e. The van der Waals surface area contributed by atoms with Gasteiger partial charge in [0.25, 0.3) is 0 Å². The fourth-order valence-electron chi connectivity index (χ4n) is 2.38. The minimum Gasteiger partial charge on any atom is -0.490 e. The molecule has 0 bridgehead atoms. The normalized spacial score (nSPS) is 11.4. The summed E-state index contributed by atoms with van der Waals surface area (Å²) >= 11 is 0. The Kier molecular flexibility index (Phi) is 9.18. The second-order valence-corrected chi connectivity index (χ2v) is 7.52. The summed E-state index contributed by atoms with van der Waals surface area (Å²) in [5.41, 5.74) is -0.638. The van der Waals surface area contributed by atoms with Crippen LogP contribution in [0.2, 0.25) is 0 Å². The molecule has 1 aromatic rings. The second kappa shape index (κ2) is 10.8. The molecule has 0 radical (unpaired) electrons. The van der Waals surface area contributed by atoms with Gasteiger partial charge in [-0.1, -0.05) is 0 Å². The average Bonchev–Trinajstić information content (AvgIpc) is 2.58. The van der Waals surface area contributed by atoms with Crippen LogP contribution >= 0.6 is 0 Å². The Morgan fingerprint density at radius 1 is 1.18 bits per heavy atom. The fraction of sp³-hybridized carbons (Fsp3) is 0.600. The van der Waals surface area contributed by atoms with Crippen LogP contribution in [-0.2, 0) is 4.74 Å². The van der Waals surface area contributed by atoms with Crippen LogP contribution in [0.3, 0.4) is 0 Å². The molecule has 0 heterocycles. The van der Waals surface area contributed by atoms with Crippen molar-refractivity contribution in [1.82, 2.24) is 9.80 Å². The summed E-state index contributed by atoms with van der Waals surface area (Å²) in [6.45, 7) is 10.2. The first-order valence-electron chi connectivity index (χ1n) is 9.35. The molecule has 1 rings (SSSR count). The highest BCUT2D eigenvalue weighted by atomic mass is 19.1. The van der Waals surface area contributed by atoms with E-state index in [0.717, 1.165) is 6.07 Å². The summed E-state index contributed by atoms with van der Waals surface area (Å²) < 4.78 is 24.6. The second-order valence-electron chi connectivity index (χ2n) is 7.52. The summed E-state index contributed by atoms with van der Waals surface area (Å²) in [6.07, 6.45) is 0.335. The molecule has 0 saturated carbocycles. The van der Waals surface area contributed by atoms with Crippen molar-refractivity contribution < 1.29 is 28.6 Å². The van der Waals surface area contributed by atoms with E-state index in [0.29, 0.717) is 39.2 Å². The molecule has 28 heavy (non-hydrogen) atoms. The van der Waals surface area contributed by atoms with E-state index in [1.165, 1.54) is 12.1 Å². The molecule has 0 saturated heterocycles. The molecule has 0 atom stereocenters. The number of halogens is 1. The van der Waals surface area contributed by atoms with Gasteiger partial charge in [0.1, 0.15) is 5.60 Å². The number of rotatable bonds is 10. The summed E-state index contributed by atoms with van der Waals surface area (Å²) in [5, 5.41) is 8.83. The van der Waals surface area contributed by atoms with E-state index in [9.17, 15) is 14.0 Å². The lowest BCUT2D eigenvalue weighted by atomic mass is 10.2. The summed E-state index contributed by atoms with van der Waals surface area (Å²) in [7, 11) is 1.94. The Morgan fingerprint density at radius 2 is 1.86 bits per heavy atom. The molecule has 158 valence electrons. The molecular formula is C20H31FN2O5. The van der Waals surface area contributed by atoms with Crippen molar-refractivity contribution >= 4 is 12.1 Å². The molecular weight excluding hydrogens is 367 g/mol. The highest BCUT2D eigenvalue weighted by Gasteiger charge is 2.21. The van der Waals surface area contributed by atoms with Gasteiger partial charge in [0.2, 0.25) is 0 Å². The molecule has 1 amide bonds. The molecule has 0 unspecified atom stereocenters. The monoisotopic (exact) mass is 398 g/mol. The number of amides is 1. The molecule has 7 nitrogen and oxygen atoms in total. The average molecular weight is 398 g/mol. The molecule has 0 aliphatic carbocycles. The number of carboxylic acids is 1. The van der Waals surface area contributed by atoms with Gasteiger partial charge in [-0.25, -0.2) is 14.0 Å². The number of carbonyl (C=O) groups excluding carboxylic acids is 1. The Labute approximate surface area is 166 Å². The van der Waals surface area contributed by atoms with E-state index in [1.807, 2.05) is 34.7 Å². The van der Waals surface area contributed by atoms with Gasteiger partial charge in [-0.15, -0.1) is 0 Å². The summed E-state index contributed by atoms with van der Waals surface area (Å²) in [6, 6.07) is 3.57. The van der Waals surface area contributed by atoms with Crippen molar-refractivity contribution in [3.63, 3.8) is 0 Å². The van der Waals surface area contributed by atoms with Crippen molar-refractivity contribution in [1.29, 1.82) is 0 Å². The molecule has 0 aliphatic rings. The summed E-state index contributed by atoms with van der Waals surface area (Å²) in [4.78, 5) is 26.6. The zero-order valence-electron chi connectivity index (χ0n) is 17.3. The van der Waals surface area contributed by atoms with Crippen molar-refractivity contribution in [2.75, 3.05) is 39.8 Å². The predicted molar refractivity (Wildman–Crippen MR) is 104 cm³/mol. The predicted octanol–water partition coefficient (Wildman–Crippen LogP) is 3.48. The smallest absolute Gasteiger partial charge is 0.410 e. The third-order valence-corrected chi connectivity index (χ3v) is 3.91. The maximum Gasteiger partial charge on any atom is 0.410 e. The Hall–Kier alpha value is -2.35. The summed E-state index contributed by atoms with van der Waals surface area (Å²) in [5.74, 6) is -1.83. The number of aromatic carboxylic acids is 1. The van der Waals surface area contributed by atoms with E-state index in [2.05, 4.69) is 4.90 Å². The van der Waals surface area contributed by atoms with Crippen molar-refractivity contribution in [2.45, 2.75) is 39.7 Å². The van der Waals surface area contributed by atoms with Gasteiger partial charge in [-0.3, -0.25) is 0 Å². The molecule has 1 N–H and O–H groups in total. The number of hydrogen-bond acceptors (Lipinski definition) is 5. The van der Waals surface area contributed by atoms with Gasteiger partial charge < -0.3 is 24.4 Å². The molecule has 8 heteroatoms. The highest BCUT2D eigenvalue weighted by molar-refractivity contribution is 5.87. The first-order valence-corrected chi connectivity index (χ1v) is 9.35. The zero-order valence-corrected chi connectivity index (χ0v) is 17.3. The number of ether oxygens (including phenoxy) is 2. The van der Waals surface area contributed by atoms with Crippen molar-refractivity contribution in [3.05, 3.63) is 29.6 Å². The van der Waals surface area contributed by atoms with E-state index < -0.39 is 17.4 Å². The van der Waals surface area contributed by atoms with Crippen LogP contribution in [0.5, 0.6) is 5.75 Å². The SMILES string of the molecule is CCN(CCN(C)CCCOc1ccc(C(=O)O)cc1F)C(=O)OC(C)(C)C. The number of benzene rings is 1. The topological polar surface area (TPSA) is 79.3 Å². The number of likely N-dealkylation sites (N-methyl/N-ethyl adjacent to an activating group) is 2. The fourth-order valence-corrected chi connectivity index (χ4v) is 2.38. The van der Waals surface area contributed by atoms with Crippen LogP contribution in [0.25, 0.3) is 0 Å². The number of carboxylic acid groups (broad SMARTS) is 1. The van der Waals surface area contributed by atoms with Crippen LogP contribution in [-0.4, -0.2) is 72.4 Å². The number of nitrogens with zero attached hydrogens (tertiary/aromatic N) is 2. The van der Waals surface area contributed by atoms with Crippen LogP contribution in [0.15, 0.2) is 18.2 Å². The standard InChI is InChI=1S/C20H31FN2O5/c1-6-23(19(26)28-20(2,3)4)12-11-22(5)10-7-13-27-17-9-8-15(18(24)25)14-16(17)21/h8-9,14H,6-7,10-13H2,1-5H3,(H,24,25). The molecule has 0 aromatic heterocycles. The van der Waals surface area contributed by atoms with E-state index in [4.69, 9.17) is 14.6 Å². The zero-order chi connectivity index (χ0) is 21.3. The lowest BCUT2D eigenvalue weighted by Gasteiger charge is -2.28. The number of hydrogen-bond donors (Lipinski definition) is 1. The third-order valence-electron chi connectivity index (χ3n) is 3.91. The van der Waals surface area contributed by atoms with E-state index >= 15 is 0 Å². The quantitative estimate of drug-likeness (QED) is 0.608. The third kappa shape index (κ3) is 8.56. The van der Waals surface area contributed by atoms with Gasteiger partial charge in [-0.2, -0.15) is 0 Å². The number of carbonyl (C=O) groups is 2. The van der Waals surface area contributed by atoms with E-state index in [1.54, 1.807) is 4.90 Å². The van der Waals surface area contributed by atoms with E-state index in [-0.39, 0.29) is 17.4 Å². The Morgan fingerprint density at radius 3 is 2.39 bits per heavy atom. The van der Waals surface area contributed by atoms with Gasteiger partial charge in [0, 0.05) is 26.2 Å². The maximum absolute atomic E-state index is 13.8. The maximum atomic E-state index is 13.8. The van der Waals surface area contributed by atoms with Crippen LogP contribution in [0.4, 0.5) is 9.18 Å². The van der Waals surface area contributed by atoms with Gasteiger partial charge in [0.15, 0.2) is 11.6 Å². The van der Waals surface area contributed by atoms with Crippen LogP contribution in [0, 0.1) is 5.82 Å². The Balaban J connectivity index is 2.34. The van der Waals surface area contributed by atoms with Gasteiger partial charge in [-0.05, 0) is 59.4 Å².